The number of rotatable bonds is 7. The summed E-state index contributed by atoms with van der Waals surface area (Å²) in [7, 11) is 0. The first-order valence-corrected chi connectivity index (χ1v) is 13.3. The first-order valence-electron chi connectivity index (χ1n) is 13.3. The van der Waals surface area contributed by atoms with Gasteiger partial charge in [-0.1, -0.05) is 30.3 Å². The van der Waals surface area contributed by atoms with Crippen molar-refractivity contribution in [1.29, 1.82) is 0 Å². The van der Waals surface area contributed by atoms with Crippen LogP contribution in [-0.4, -0.2) is 44.3 Å². The lowest BCUT2D eigenvalue weighted by atomic mass is 9.92. The monoisotopic (exact) mass is 522 g/mol. The molecule has 0 bridgehead atoms. The molecule has 2 aromatic carbocycles. The summed E-state index contributed by atoms with van der Waals surface area (Å²) in [6.07, 6.45) is 4.19. The Labute approximate surface area is 225 Å². The van der Waals surface area contributed by atoms with E-state index in [1.165, 1.54) is 15.7 Å². The Morgan fingerprint density at radius 2 is 1.72 bits per heavy atom. The van der Waals surface area contributed by atoms with Crippen molar-refractivity contribution < 1.29 is 9.59 Å². The molecule has 0 aliphatic carbocycles. The zero-order valence-electron chi connectivity index (χ0n) is 21.8. The molecule has 2 N–H and O–H groups in total. The summed E-state index contributed by atoms with van der Waals surface area (Å²) >= 11 is 0. The molecule has 4 heterocycles. The Morgan fingerprint density at radius 3 is 2.46 bits per heavy atom. The number of aryl methyl sites for hydroxylation is 1. The number of amides is 2. The van der Waals surface area contributed by atoms with Crippen molar-refractivity contribution in [2.24, 2.45) is 0 Å². The van der Waals surface area contributed by atoms with Gasteiger partial charge in [-0.2, -0.15) is 0 Å². The van der Waals surface area contributed by atoms with Crippen LogP contribution in [0.2, 0.25) is 0 Å². The Kier molecular flexibility index (Phi) is 6.66. The molecule has 2 amide bonds. The van der Waals surface area contributed by atoms with E-state index in [2.05, 4.69) is 61.9 Å². The molecule has 9 nitrogen and oxygen atoms in total. The third kappa shape index (κ3) is 5.05. The van der Waals surface area contributed by atoms with Crippen LogP contribution in [0.3, 0.4) is 0 Å². The number of fused-ring (bicyclic) bond motifs is 1. The van der Waals surface area contributed by atoms with Crippen LogP contribution < -0.4 is 16.2 Å². The second kappa shape index (κ2) is 10.4. The number of hydrogen-bond donors (Lipinski definition) is 2. The number of imide groups is 1. The van der Waals surface area contributed by atoms with Crippen molar-refractivity contribution in [3.8, 4) is 0 Å². The SMILES string of the molecule is Cc1nc2cccc(NCc3ccc(CN4CC(c5ccncc5)C4)cc3)c2c(=O)n1C1CCC(=O)NC1=O. The number of carbonyl (C=O) groups excluding carboxylic acids is 2. The number of carbonyl (C=O) groups is 2. The summed E-state index contributed by atoms with van der Waals surface area (Å²) in [6.45, 7) is 5.28. The molecule has 0 saturated carbocycles. The number of hydrogen-bond acceptors (Lipinski definition) is 7. The molecule has 4 aromatic rings. The van der Waals surface area contributed by atoms with Gasteiger partial charge in [-0.3, -0.25) is 34.2 Å². The van der Waals surface area contributed by atoms with E-state index in [1.54, 1.807) is 13.0 Å². The van der Waals surface area contributed by atoms with E-state index >= 15 is 0 Å². The van der Waals surface area contributed by atoms with Crippen LogP contribution in [0.4, 0.5) is 5.69 Å². The van der Waals surface area contributed by atoms with E-state index in [-0.39, 0.29) is 24.3 Å². The van der Waals surface area contributed by atoms with E-state index in [1.807, 2.05) is 24.5 Å². The normalized spacial score (nSPS) is 18.1. The number of anilines is 1. The molecular weight excluding hydrogens is 492 g/mol. The lowest BCUT2D eigenvalue weighted by molar-refractivity contribution is -0.135. The molecule has 198 valence electrons. The predicted octanol–water partition coefficient (Wildman–Crippen LogP) is 3.29. The minimum atomic E-state index is -0.751. The van der Waals surface area contributed by atoms with E-state index in [9.17, 15) is 14.4 Å². The summed E-state index contributed by atoms with van der Waals surface area (Å²) in [5.74, 6) is 0.247. The van der Waals surface area contributed by atoms with Gasteiger partial charge in [-0.05, 0) is 54.3 Å². The summed E-state index contributed by atoms with van der Waals surface area (Å²) in [6, 6.07) is 17.5. The Morgan fingerprint density at radius 1 is 0.974 bits per heavy atom. The minimum absolute atomic E-state index is 0.194. The maximum absolute atomic E-state index is 13.6. The summed E-state index contributed by atoms with van der Waals surface area (Å²) in [4.78, 5) is 48.9. The smallest absolute Gasteiger partial charge is 0.264 e. The van der Waals surface area contributed by atoms with E-state index < -0.39 is 11.9 Å². The molecule has 9 heteroatoms. The van der Waals surface area contributed by atoms with Crippen LogP contribution in [0.15, 0.2) is 71.8 Å². The number of pyridine rings is 1. The molecule has 0 spiro atoms. The number of nitrogens with one attached hydrogen (secondary N) is 2. The van der Waals surface area contributed by atoms with Crippen molar-refractivity contribution in [2.75, 3.05) is 18.4 Å². The van der Waals surface area contributed by atoms with Gasteiger partial charge in [-0.15, -0.1) is 0 Å². The Balaban J connectivity index is 1.14. The standard InChI is InChI=1S/C30H30N6O3/c1-19-33-25-4-2-3-24(28(25)30(39)36(19)26-9-10-27(37)34-29(26)38)32-15-20-5-7-21(8-6-20)16-35-17-23(18-35)22-11-13-31-14-12-22/h2-8,11-14,23,26,32H,9-10,15-18H2,1H3,(H,34,37,38). The predicted molar refractivity (Wildman–Crippen MR) is 148 cm³/mol. The summed E-state index contributed by atoms with van der Waals surface area (Å²) in [5.41, 5.74) is 4.66. The van der Waals surface area contributed by atoms with Crippen LogP contribution in [0.25, 0.3) is 10.9 Å². The van der Waals surface area contributed by atoms with Gasteiger partial charge in [0.2, 0.25) is 11.8 Å². The van der Waals surface area contributed by atoms with E-state index in [0.29, 0.717) is 34.9 Å². The van der Waals surface area contributed by atoms with Gasteiger partial charge in [0.05, 0.1) is 10.9 Å². The molecule has 39 heavy (non-hydrogen) atoms. The third-order valence-electron chi connectivity index (χ3n) is 7.67. The van der Waals surface area contributed by atoms with Gasteiger partial charge in [0.1, 0.15) is 11.9 Å². The van der Waals surface area contributed by atoms with Crippen LogP contribution >= 0.6 is 0 Å². The van der Waals surface area contributed by atoms with Crippen LogP contribution in [0.5, 0.6) is 0 Å². The first kappa shape index (κ1) is 24.9. The largest absolute Gasteiger partial charge is 0.380 e. The second-order valence-electron chi connectivity index (χ2n) is 10.3. The van der Waals surface area contributed by atoms with Crippen molar-refractivity contribution in [3.05, 3.63) is 99.9 Å². The number of nitrogens with zero attached hydrogens (tertiary/aromatic N) is 4. The highest BCUT2D eigenvalue weighted by molar-refractivity contribution is 5.99. The second-order valence-corrected chi connectivity index (χ2v) is 10.3. The highest BCUT2D eigenvalue weighted by atomic mass is 16.2. The average Bonchev–Trinajstić information content (AvgIpc) is 2.91. The zero-order chi connectivity index (χ0) is 26.9. The van der Waals surface area contributed by atoms with Gasteiger partial charge in [0.25, 0.3) is 5.56 Å². The molecule has 6 rings (SSSR count). The molecule has 1 atom stereocenters. The van der Waals surface area contributed by atoms with Crippen LogP contribution in [-0.2, 0) is 22.7 Å². The van der Waals surface area contributed by atoms with Gasteiger partial charge < -0.3 is 5.32 Å². The number of aromatic nitrogens is 3. The van der Waals surface area contributed by atoms with Gasteiger partial charge in [0.15, 0.2) is 0 Å². The maximum atomic E-state index is 13.6. The van der Waals surface area contributed by atoms with Crippen LogP contribution in [0.1, 0.15) is 47.3 Å². The molecular formula is C30H30N6O3. The highest BCUT2D eigenvalue weighted by Crippen LogP contribution is 2.28. The molecule has 1 unspecified atom stereocenters. The van der Waals surface area contributed by atoms with Crippen LogP contribution in [0, 0.1) is 6.92 Å². The van der Waals surface area contributed by atoms with Crippen molar-refractivity contribution in [1.82, 2.24) is 24.8 Å². The molecule has 2 aliphatic heterocycles. The fourth-order valence-electron chi connectivity index (χ4n) is 5.56. The molecule has 2 aromatic heterocycles. The summed E-state index contributed by atoms with van der Waals surface area (Å²) < 4.78 is 1.42. The number of likely N-dealkylation sites (tertiary alicyclic amines) is 1. The average molecular weight is 523 g/mol. The maximum Gasteiger partial charge on any atom is 0.264 e. The zero-order valence-corrected chi connectivity index (χ0v) is 21.8. The quantitative estimate of drug-likeness (QED) is 0.359. The Bertz CT molecular complexity index is 1590. The minimum Gasteiger partial charge on any atom is -0.380 e. The number of piperidine rings is 1. The van der Waals surface area contributed by atoms with Crippen molar-refractivity contribution in [2.45, 2.75) is 44.8 Å². The molecule has 2 saturated heterocycles. The van der Waals surface area contributed by atoms with Crippen molar-refractivity contribution in [3.63, 3.8) is 0 Å². The van der Waals surface area contributed by atoms with Gasteiger partial charge >= 0.3 is 0 Å². The lowest BCUT2D eigenvalue weighted by Crippen LogP contribution is -2.45. The van der Waals surface area contributed by atoms with Gasteiger partial charge in [0, 0.05) is 56.6 Å². The molecule has 0 radical (unpaired) electrons. The topological polar surface area (TPSA) is 109 Å². The fourth-order valence-corrected chi connectivity index (χ4v) is 5.56. The van der Waals surface area contributed by atoms with E-state index in [0.717, 1.165) is 25.2 Å². The van der Waals surface area contributed by atoms with E-state index in [4.69, 9.17) is 0 Å². The number of benzene rings is 2. The molecule has 2 aliphatic rings. The van der Waals surface area contributed by atoms with Crippen molar-refractivity contribution >= 4 is 28.4 Å². The Hall–Kier alpha value is -4.37. The third-order valence-corrected chi connectivity index (χ3v) is 7.67. The van der Waals surface area contributed by atoms with Gasteiger partial charge in [-0.25, -0.2) is 4.98 Å². The first-order chi connectivity index (χ1) is 19.0. The lowest BCUT2D eigenvalue weighted by Gasteiger charge is -2.39. The summed E-state index contributed by atoms with van der Waals surface area (Å²) in [5, 5.41) is 6.17. The molecule has 2 fully saturated rings. The highest BCUT2D eigenvalue weighted by Gasteiger charge is 2.31. The fraction of sp³-hybridized carbons (Fsp3) is 0.300.